The van der Waals surface area contributed by atoms with E-state index in [2.05, 4.69) is 20.4 Å². The summed E-state index contributed by atoms with van der Waals surface area (Å²) in [6.07, 6.45) is 2.45. The lowest BCUT2D eigenvalue weighted by Gasteiger charge is -2.13. The first-order chi connectivity index (χ1) is 13.0. The first kappa shape index (κ1) is 17.2. The number of amides is 1. The molecule has 0 fully saturated rings. The third-order valence-electron chi connectivity index (χ3n) is 4.84. The molecule has 7 nitrogen and oxygen atoms in total. The molecule has 0 spiro atoms. The summed E-state index contributed by atoms with van der Waals surface area (Å²) < 4.78 is 7.53. The first-order valence-corrected chi connectivity index (χ1v) is 8.96. The number of carbonyl (C=O) groups is 1. The molecule has 0 aliphatic rings. The van der Waals surface area contributed by atoms with Crippen LogP contribution in [0.15, 0.2) is 41.1 Å². The molecule has 3 aromatic heterocycles. The second-order valence-corrected chi connectivity index (χ2v) is 6.71. The monoisotopic (exact) mass is 363 g/mol. The summed E-state index contributed by atoms with van der Waals surface area (Å²) in [7, 11) is 0. The lowest BCUT2D eigenvalue weighted by atomic mass is 10.1. The number of aryl methyl sites for hydroxylation is 2. The van der Waals surface area contributed by atoms with Gasteiger partial charge in [-0.05, 0) is 44.9 Å². The van der Waals surface area contributed by atoms with Crippen molar-refractivity contribution in [3.8, 4) is 0 Å². The molecule has 3 heterocycles. The van der Waals surface area contributed by atoms with Gasteiger partial charge in [0.1, 0.15) is 17.7 Å². The van der Waals surface area contributed by atoms with E-state index in [0.29, 0.717) is 18.6 Å². The molecular weight excluding hydrogens is 342 g/mol. The Hall–Kier alpha value is -3.22. The van der Waals surface area contributed by atoms with E-state index >= 15 is 0 Å². The number of benzene rings is 1. The van der Waals surface area contributed by atoms with Gasteiger partial charge in [-0.2, -0.15) is 10.1 Å². The summed E-state index contributed by atoms with van der Waals surface area (Å²) in [5, 5.41) is 8.23. The SMILES string of the molecule is Cc1nc2ncnn2c(C)c1CCC(=O)NC(C)c1cc2ccccc2o1. The minimum absolute atomic E-state index is 0.0274. The quantitative estimate of drug-likeness (QED) is 0.588. The van der Waals surface area contributed by atoms with E-state index in [-0.39, 0.29) is 11.9 Å². The minimum atomic E-state index is -0.192. The van der Waals surface area contributed by atoms with Crippen molar-refractivity contribution in [1.29, 1.82) is 0 Å². The highest BCUT2D eigenvalue weighted by Crippen LogP contribution is 2.23. The average Bonchev–Trinajstić information content (AvgIpc) is 3.27. The lowest BCUT2D eigenvalue weighted by molar-refractivity contribution is -0.121. The number of hydrogen-bond acceptors (Lipinski definition) is 5. The second kappa shape index (κ2) is 6.83. The highest BCUT2D eigenvalue weighted by atomic mass is 16.3. The smallest absolute Gasteiger partial charge is 0.252 e. The maximum absolute atomic E-state index is 12.4. The van der Waals surface area contributed by atoms with Gasteiger partial charge in [-0.15, -0.1) is 0 Å². The van der Waals surface area contributed by atoms with E-state index in [1.807, 2.05) is 51.1 Å². The Labute approximate surface area is 156 Å². The largest absolute Gasteiger partial charge is 0.459 e. The average molecular weight is 363 g/mol. The van der Waals surface area contributed by atoms with Crippen LogP contribution in [0.1, 0.15) is 42.1 Å². The number of nitrogens with one attached hydrogen (secondary N) is 1. The van der Waals surface area contributed by atoms with Crippen LogP contribution in [0.3, 0.4) is 0 Å². The Bertz CT molecular complexity index is 1100. The molecule has 1 aromatic carbocycles. The molecule has 1 amide bonds. The van der Waals surface area contributed by atoms with Gasteiger partial charge in [0.2, 0.25) is 5.91 Å². The van der Waals surface area contributed by atoms with Crippen molar-refractivity contribution in [1.82, 2.24) is 24.9 Å². The molecule has 1 N–H and O–H groups in total. The Morgan fingerprint density at radius 2 is 2.11 bits per heavy atom. The lowest BCUT2D eigenvalue weighted by Crippen LogP contribution is -2.26. The Morgan fingerprint density at radius 1 is 1.30 bits per heavy atom. The molecule has 0 aliphatic carbocycles. The number of nitrogens with zero attached hydrogens (tertiary/aromatic N) is 4. The van der Waals surface area contributed by atoms with Gasteiger partial charge in [-0.25, -0.2) is 9.50 Å². The summed E-state index contributed by atoms with van der Waals surface area (Å²) in [4.78, 5) is 21.0. The molecule has 1 unspecified atom stereocenters. The minimum Gasteiger partial charge on any atom is -0.459 e. The molecule has 0 radical (unpaired) electrons. The number of fused-ring (bicyclic) bond motifs is 2. The predicted octanol–water partition coefficient (Wildman–Crippen LogP) is 3.30. The number of furan rings is 1. The zero-order valence-electron chi connectivity index (χ0n) is 15.6. The second-order valence-electron chi connectivity index (χ2n) is 6.71. The normalized spacial score (nSPS) is 12.6. The zero-order valence-corrected chi connectivity index (χ0v) is 15.6. The van der Waals surface area contributed by atoms with Gasteiger partial charge < -0.3 is 9.73 Å². The highest BCUT2D eigenvalue weighted by molar-refractivity contribution is 5.79. The van der Waals surface area contributed by atoms with Gasteiger partial charge in [0.25, 0.3) is 5.78 Å². The number of para-hydroxylation sites is 1. The van der Waals surface area contributed by atoms with Gasteiger partial charge in [0.15, 0.2) is 0 Å². The number of carbonyl (C=O) groups excluding carboxylic acids is 1. The third-order valence-corrected chi connectivity index (χ3v) is 4.84. The molecule has 138 valence electrons. The summed E-state index contributed by atoms with van der Waals surface area (Å²) >= 11 is 0. The van der Waals surface area contributed by atoms with Crippen molar-refractivity contribution in [2.24, 2.45) is 0 Å². The molecule has 0 saturated carbocycles. The van der Waals surface area contributed by atoms with Gasteiger partial charge in [-0.1, -0.05) is 18.2 Å². The fourth-order valence-corrected chi connectivity index (χ4v) is 3.36. The molecule has 0 saturated heterocycles. The summed E-state index contributed by atoms with van der Waals surface area (Å²) in [6.45, 7) is 5.84. The van der Waals surface area contributed by atoms with E-state index < -0.39 is 0 Å². The van der Waals surface area contributed by atoms with Gasteiger partial charge in [0.05, 0.1) is 6.04 Å². The number of hydrogen-bond donors (Lipinski definition) is 1. The van der Waals surface area contributed by atoms with Crippen LogP contribution < -0.4 is 5.32 Å². The van der Waals surface area contributed by atoms with Crippen molar-refractivity contribution in [2.75, 3.05) is 0 Å². The van der Waals surface area contributed by atoms with Crippen LogP contribution in [0.5, 0.6) is 0 Å². The predicted molar refractivity (Wildman–Crippen MR) is 101 cm³/mol. The third kappa shape index (κ3) is 3.28. The van der Waals surface area contributed by atoms with Crippen molar-refractivity contribution in [2.45, 2.75) is 39.7 Å². The van der Waals surface area contributed by atoms with Crippen LogP contribution >= 0.6 is 0 Å². The Morgan fingerprint density at radius 3 is 2.93 bits per heavy atom. The molecule has 7 heteroatoms. The topological polar surface area (TPSA) is 85.3 Å². The van der Waals surface area contributed by atoms with E-state index in [1.165, 1.54) is 6.33 Å². The van der Waals surface area contributed by atoms with Gasteiger partial charge >= 0.3 is 0 Å². The van der Waals surface area contributed by atoms with Crippen LogP contribution in [0.2, 0.25) is 0 Å². The van der Waals surface area contributed by atoms with E-state index in [9.17, 15) is 4.79 Å². The van der Waals surface area contributed by atoms with Crippen molar-refractivity contribution < 1.29 is 9.21 Å². The fraction of sp³-hybridized carbons (Fsp3) is 0.300. The standard InChI is InChI=1S/C20H21N5O2/c1-12-16(14(3)25-20(24-12)21-11-22-25)8-9-19(26)23-13(2)18-10-15-6-4-5-7-17(15)27-18/h4-7,10-11,13H,8-9H2,1-3H3,(H,23,26). The molecule has 0 aliphatic heterocycles. The molecule has 1 atom stereocenters. The molecule has 27 heavy (non-hydrogen) atoms. The summed E-state index contributed by atoms with van der Waals surface area (Å²) in [6, 6.07) is 9.60. The van der Waals surface area contributed by atoms with Crippen molar-refractivity contribution in [3.63, 3.8) is 0 Å². The summed E-state index contributed by atoms with van der Waals surface area (Å²) in [5.74, 6) is 1.31. The highest BCUT2D eigenvalue weighted by Gasteiger charge is 2.16. The molecule has 0 bridgehead atoms. The zero-order chi connectivity index (χ0) is 19.0. The Kier molecular flexibility index (Phi) is 4.35. The maximum Gasteiger partial charge on any atom is 0.252 e. The molecular formula is C20H21N5O2. The summed E-state index contributed by atoms with van der Waals surface area (Å²) in [5.41, 5.74) is 3.70. The number of rotatable bonds is 5. The van der Waals surface area contributed by atoms with Crippen molar-refractivity contribution >= 4 is 22.7 Å². The van der Waals surface area contributed by atoms with Crippen LogP contribution in [-0.2, 0) is 11.2 Å². The number of aromatic nitrogens is 4. The van der Waals surface area contributed by atoms with Gasteiger partial charge in [-0.3, -0.25) is 4.79 Å². The van der Waals surface area contributed by atoms with E-state index in [4.69, 9.17) is 4.42 Å². The van der Waals surface area contributed by atoms with E-state index in [1.54, 1.807) is 4.52 Å². The van der Waals surface area contributed by atoms with Crippen molar-refractivity contribution in [3.05, 3.63) is 59.4 Å². The molecule has 4 rings (SSSR count). The van der Waals surface area contributed by atoms with Crippen LogP contribution in [-0.4, -0.2) is 25.5 Å². The van der Waals surface area contributed by atoms with Crippen LogP contribution in [0, 0.1) is 13.8 Å². The van der Waals surface area contributed by atoms with Gasteiger partial charge in [0, 0.05) is 23.2 Å². The fourth-order valence-electron chi connectivity index (χ4n) is 3.36. The Balaban J connectivity index is 1.43. The van der Waals surface area contributed by atoms with Crippen LogP contribution in [0.4, 0.5) is 0 Å². The first-order valence-electron chi connectivity index (χ1n) is 8.96. The maximum atomic E-state index is 12.4. The van der Waals surface area contributed by atoms with Crippen LogP contribution in [0.25, 0.3) is 16.7 Å². The van der Waals surface area contributed by atoms with E-state index in [0.717, 1.165) is 33.7 Å². The molecule has 4 aromatic rings.